The average molecular weight is 275 g/mol. The van der Waals surface area contributed by atoms with Crippen LogP contribution < -0.4 is 11.1 Å². The van der Waals surface area contributed by atoms with Crippen molar-refractivity contribution in [3.05, 3.63) is 30.2 Å². The molecular weight excluding hydrogens is 253 g/mol. The lowest BCUT2D eigenvalue weighted by Gasteiger charge is -2.33. The van der Waals surface area contributed by atoms with Gasteiger partial charge in [0.25, 0.3) is 0 Å². The summed E-state index contributed by atoms with van der Waals surface area (Å²) in [6.45, 7) is 6.35. The van der Waals surface area contributed by atoms with Crippen LogP contribution in [-0.4, -0.2) is 10.5 Å². The highest BCUT2D eigenvalue weighted by Gasteiger charge is 2.26. The van der Waals surface area contributed by atoms with Gasteiger partial charge in [0.15, 0.2) is 5.82 Å². The van der Waals surface area contributed by atoms with Crippen LogP contribution in [0.5, 0.6) is 0 Å². The van der Waals surface area contributed by atoms with Gasteiger partial charge in [0.05, 0.1) is 11.2 Å². The Balaban J connectivity index is 2.59. The van der Waals surface area contributed by atoms with E-state index in [2.05, 4.69) is 31.1 Å². The Morgan fingerprint density at radius 3 is 2.50 bits per heavy atom. The molecular formula is C16H22FN3. The predicted molar refractivity (Wildman–Crippen MR) is 83.3 cm³/mol. The van der Waals surface area contributed by atoms with Crippen LogP contribution in [0.4, 0.5) is 15.8 Å². The lowest BCUT2D eigenvalue weighted by molar-refractivity contribution is 0.418. The van der Waals surface area contributed by atoms with E-state index in [0.29, 0.717) is 16.9 Å². The maximum Gasteiger partial charge on any atom is 0.150 e. The van der Waals surface area contributed by atoms with Crippen molar-refractivity contribution in [2.45, 2.75) is 45.6 Å². The normalized spacial score (nSPS) is 11.8. The number of nitrogen functional groups attached to an aromatic ring is 1. The van der Waals surface area contributed by atoms with Crippen molar-refractivity contribution in [3.8, 4) is 0 Å². The van der Waals surface area contributed by atoms with Crippen LogP contribution in [-0.2, 0) is 0 Å². The highest BCUT2D eigenvalue weighted by atomic mass is 19.1. The number of rotatable bonds is 5. The van der Waals surface area contributed by atoms with E-state index >= 15 is 0 Å². The molecule has 0 saturated heterocycles. The first-order chi connectivity index (χ1) is 9.56. The molecule has 0 radical (unpaired) electrons. The Labute approximate surface area is 119 Å². The van der Waals surface area contributed by atoms with Crippen LogP contribution in [0.25, 0.3) is 10.9 Å². The lowest BCUT2D eigenvalue weighted by atomic mass is 9.89. The van der Waals surface area contributed by atoms with E-state index in [-0.39, 0.29) is 11.4 Å². The highest BCUT2D eigenvalue weighted by molar-refractivity contribution is 5.98. The van der Waals surface area contributed by atoms with Gasteiger partial charge >= 0.3 is 0 Å². The lowest BCUT2D eigenvalue weighted by Crippen LogP contribution is -2.36. The molecule has 0 aliphatic carbocycles. The first-order valence-corrected chi connectivity index (χ1v) is 7.17. The summed E-state index contributed by atoms with van der Waals surface area (Å²) >= 11 is 0. The fraction of sp³-hybridized carbons (Fsp3) is 0.438. The summed E-state index contributed by atoms with van der Waals surface area (Å²) in [4.78, 5) is 4.31. The molecule has 0 aliphatic heterocycles. The largest absolute Gasteiger partial charge is 0.398 e. The number of halogens is 1. The smallest absolute Gasteiger partial charge is 0.150 e. The maximum atomic E-state index is 14.3. The second-order valence-corrected chi connectivity index (χ2v) is 5.19. The third-order valence-corrected chi connectivity index (χ3v) is 4.30. The van der Waals surface area contributed by atoms with Gasteiger partial charge in [0.2, 0.25) is 0 Å². The quantitative estimate of drug-likeness (QED) is 0.798. The van der Waals surface area contributed by atoms with Gasteiger partial charge in [-0.2, -0.15) is 0 Å². The molecule has 0 atom stereocenters. The molecule has 0 bridgehead atoms. The molecule has 1 aromatic heterocycles. The zero-order valence-electron chi connectivity index (χ0n) is 12.3. The standard InChI is InChI=1S/C16H22FN3/c1-4-16(5-2,6-3)20-15-12(17)10-13(18)11-8-7-9-19-14(11)15/h7-10,20H,4-6,18H2,1-3H3. The van der Waals surface area contributed by atoms with Gasteiger partial charge in [-0.25, -0.2) is 4.39 Å². The second-order valence-electron chi connectivity index (χ2n) is 5.19. The van der Waals surface area contributed by atoms with Gasteiger partial charge in [0, 0.05) is 22.8 Å². The Morgan fingerprint density at radius 2 is 1.90 bits per heavy atom. The van der Waals surface area contributed by atoms with Gasteiger partial charge in [-0.05, 0) is 37.5 Å². The van der Waals surface area contributed by atoms with Gasteiger partial charge in [-0.3, -0.25) is 4.98 Å². The molecule has 0 unspecified atom stereocenters. The number of hydrogen-bond acceptors (Lipinski definition) is 3. The average Bonchev–Trinajstić information content (AvgIpc) is 2.48. The fourth-order valence-corrected chi connectivity index (χ4v) is 2.64. The van der Waals surface area contributed by atoms with Crippen LogP contribution in [0.3, 0.4) is 0 Å². The molecule has 0 aliphatic rings. The molecule has 0 saturated carbocycles. The van der Waals surface area contributed by atoms with Crippen LogP contribution in [0.15, 0.2) is 24.4 Å². The second kappa shape index (κ2) is 5.65. The van der Waals surface area contributed by atoms with E-state index in [9.17, 15) is 4.39 Å². The molecule has 3 N–H and O–H groups in total. The number of hydrogen-bond donors (Lipinski definition) is 2. The molecule has 2 aromatic rings. The highest BCUT2D eigenvalue weighted by Crippen LogP contribution is 2.34. The van der Waals surface area contributed by atoms with Crippen molar-refractivity contribution in [1.82, 2.24) is 4.98 Å². The predicted octanol–water partition coefficient (Wildman–Crippen LogP) is 4.34. The van der Waals surface area contributed by atoms with Crippen LogP contribution in [0.1, 0.15) is 40.0 Å². The monoisotopic (exact) mass is 275 g/mol. The zero-order chi connectivity index (χ0) is 14.8. The molecule has 3 nitrogen and oxygen atoms in total. The molecule has 4 heteroatoms. The Morgan fingerprint density at radius 1 is 1.25 bits per heavy atom. The molecule has 1 aromatic carbocycles. The first-order valence-electron chi connectivity index (χ1n) is 7.17. The van der Waals surface area contributed by atoms with E-state index < -0.39 is 0 Å². The van der Waals surface area contributed by atoms with E-state index in [1.54, 1.807) is 6.20 Å². The number of benzene rings is 1. The Kier molecular flexibility index (Phi) is 4.12. The van der Waals surface area contributed by atoms with Crippen LogP contribution in [0, 0.1) is 5.82 Å². The summed E-state index contributed by atoms with van der Waals surface area (Å²) in [5.74, 6) is -0.339. The van der Waals surface area contributed by atoms with Crippen molar-refractivity contribution in [2.24, 2.45) is 0 Å². The minimum atomic E-state index is -0.339. The van der Waals surface area contributed by atoms with Gasteiger partial charge in [-0.15, -0.1) is 0 Å². The maximum absolute atomic E-state index is 14.3. The topological polar surface area (TPSA) is 50.9 Å². The SMILES string of the molecule is CCC(CC)(CC)Nc1c(F)cc(N)c2cccnc12. The summed E-state index contributed by atoms with van der Waals surface area (Å²) in [7, 11) is 0. The number of pyridine rings is 1. The summed E-state index contributed by atoms with van der Waals surface area (Å²) < 4.78 is 14.3. The Bertz CT molecular complexity index is 598. The van der Waals surface area contributed by atoms with Gasteiger partial charge in [0.1, 0.15) is 0 Å². The van der Waals surface area contributed by atoms with E-state index in [0.717, 1.165) is 24.6 Å². The molecule has 0 fully saturated rings. The summed E-state index contributed by atoms with van der Waals surface area (Å²) in [6.07, 6.45) is 4.45. The third-order valence-electron chi connectivity index (χ3n) is 4.30. The molecule has 108 valence electrons. The number of nitrogens with two attached hydrogens (primary N) is 1. The summed E-state index contributed by atoms with van der Waals surface area (Å²) in [6, 6.07) is 5.05. The molecule has 1 heterocycles. The summed E-state index contributed by atoms with van der Waals surface area (Å²) in [5.41, 5.74) is 7.25. The number of nitrogens with zero attached hydrogens (tertiary/aromatic N) is 1. The number of aromatic nitrogens is 1. The molecule has 0 amide bonds. The Hall–Kier alpha value is -1.84. The van der Waals surface area contributed by atoms with Gasteiger partial charge < -0.3 is 11.1 Å². The fourth-order valence-electron chi connectivity index (χ4n) is 2.64. The first kappa shape index (κ1) is 14.6. The van der Waals surface area contributed by atoms with Crippen molar-refractivity contribution in [3.63, 3.8) is 0 Å². The molecule has 20 heavy (non-hydrogen) atoms. The third kappa shape index (κ3) is 2.42. The minimum Gasteiger partial charge on any atom is -0.398 e. The number of anilines is 2. The zero-order valence-corrected chi connectivity index (χ0v) is 12.3. The van der Waals surface area contributed by atoms with Crippen LogP contribution >= 0.6 is 0 Å². The van der Waals surface area contributed by atoms with Crippen molar-refractivity contribution in [2.75, 3.05) is 11.1 Å². The summed E-state index contributed by atoms with van der Waals surface area (Å²) in [5, 5.41) is 4.17. The minimum absolute atomic E-state index is 0.110. The molecule has 2 rings (SSSR count). The van der Waals surface area contributed by atoms with Gasteiger partial charge in [-0.1, -0.05) is 20.8 Å². The van der Waals surface area contributed by atoms with E-state index in [4.69, 9.17) is 5.73 Å². The van der Waals surface area contributed by atoms with Crippen molar-refractivity contribution in [1.29, 1.82) is 0 Å². The van der Waals surface area contributed by atoms with Crippen molar-refractivity contribution < 1.29 is 4.39 Å². The molecule has 0 spiro atoms. The van der Waals surface area contributed by atoms with Crippen LogP contribution in [0.2, 0.25) is 0 Å². The number of fused-ring (bicyclic) bond motifs is 1. The van der Waals surface area contributed by atoms with E-state index in [1.807, 2.05) is 12.1 Å². The van der Waals surface area contributed by atoms with E-state index in [1.165, 1.54) is 6.07 Å². The van der Waals surface area contributed by atoms with Crippen molar-refractivity contribution >= 4 is 22.3 Å². The number of nitrogens with one attached hydrogen (secondary N) is 1.